The minimum atomic E-state index is -0.335. The van der Waals surface area contributed by atoms with Gasteiger partial charge in [0.15, 0.2) is 0 Å². The lowest BCUT2D eigenvalue weighted by atomic mass is 9.75. The smallest absolute Gasteiger partial charge is 0.337 e. The van der Waals surface area contributed by atoms with E-state index < -0.39 is 0 Å². The van der Waals surface area contributed by atoms with Crippen LogP contribution in [0.2, 0.25) is 5.02 Å². The van der Waals surface area contributed by atoms with Gasteiger partial charge in [-0.3, -0.25) is 0 Å². The maximum absolute atomic E-state index is 12.1. The van der Waals surface area contributed by atoms with Crippen molar-refractivity contribution in [2.24, 2.45) is 5.41 Å². The summed E-state index contributed by atoms with van der Waals surface area (Å²) >= 11 is 6.46. The topological polar surface area (TPSA) is 48.4 Å². The number of hydrogen-bond acceptors (Lipinski definition) is 4. The average Bonchev–Trinajstić information content (AvgIpc) is 3.00. The fourth-order valence-electron chi connectivity index (χ4n) is 3.94. The summed E-state index contributed by atoms with van der Waals surface area (Å²) in [7, 11) is 2.98. The molecule has 1 aromatic carbocycles. The number of rotatable bonds is 4. The molecule has 138 valence electrons. The summed E-state index contributed by atoms with van der Waals surface area (Å²) < 4.78 is 10.2. The molecule has 1 aliphatic rings. The van der Waals surface area contributed by atoms with Gasteiger partial charge in [-0.2, -0.15) is 0 Å². The number of nitrogens with zero attached hydrogens (tertiary/aromatic N) is 1. The highest BCUT2D eigenvalue weighted by Crippen LogP contribution is 2.51. The number of halogens is 1. The highest BCUT2D eigenvalue weighted by molar-refractivity contribution is 6.33. The number of methoxy groups -OCH3 is 2. The van der Waals surface area contributed by atoms with Crippen LogP contribution in [-0.4, -0.2) is 25.2 Å². The molecule has 1 fully saturated rings. The van der Waals surface area contributed by atoms with Gasteiger partial charge in [0.25, 0.3) is 0 Å². The first kappa shape index (κ1) is 18.7. The third kappa shape index (κ3) is 3.43. The molecular weight excluding hydrogens is 350 g/mol. The second kappa shape index (κ2) is 7.28. The van der Waals surface area contributed by atoms with Crippen LogP contribution < -0.4 is 4.74 Å². The summed E-state index contributed by atoms with van der Waals surface area (Å²) in [5.41, 5.74) is 3.42. The van der Waals surface area contributed by atoms with Crippen LogP contribution in [0, 0.1) is 5.41 Å². The zero-order chi connectivity index (χ0) is 18.9. The Hall–Kier alpha value is -2.07. The molecule has 1 atom stereocenters. The first-order chi connectivity index (χ1) is 12.4. The van der Waals surface area contributed by atoms with Gasteiger partial charge in [0.2, 0.25) is 5.88 Å². The molecule has 1 saturated carbocycles. The minimum Gasteiger partial charge on any atom is -0.481 e. The summed E-state index contributed by atoms with van der Waals surface area (Å²) in [6.07, 6.45) is 3.39. The maximum atomic E-state index is 12.1. The standard InChI is InChI=1S/C21H24ClNO3/c1-21(2)11-5-6-16(21)15-12-13(20(24)26-4)7-8-14(15)19-17(22)9-10-18(23-19)25-3/h7-10,12,16H,5-6,11H2,1-4H3. The molecule has 2 aromatic rings. The summed E-state index contributed by atoms with van der Waals surface area (Å²) in [5.74, 6) is 0.502. The van der Waals surface area contributed by atoms with E-state index in [1.54, 1.807) is 25.3 Å². The minimum absolute atomic E-state index is 0.148. The lowest BCUT2D eigenvalue weighted by molar-refractivity contribution is 0.0600. The van der Waals surface area contributed by atoms with Crippen molar-refractivity contribution in [1.29, 1.82) is 0 Å². The third-order valence-electron chi connectivity index (χ3n) is 5.39. The lowest BCUT2D eigenvalue weighted by Crippen LogP contribution is -2.17. The van der Waals surface area contributed by atoms with Crippen LogP contribution in [0.25, 0.3) is 11.3 Å². The Labute approximate surface area is 159 Å². The van der Waals surface area contributed by atoms with Crippen molar-refractivity contribution in [3.63, 3.8) is 0 Å². The van der Waals surface area contributed by atoms with E-state index in [-0.39, 0.29) is 11.4 Å². The molecule has 26 heavy (non-hydrogen) atoms. The number of hydrogen-bond donors (Lipinski definition) is 0. The first-order valence-electron chi connectivity index (χ1n) is 8.80. The molecule has 3 rings (SSSR count). The third-order valence-corrected chi connectivity index (χ3v) is 5.70. The number of esters is 1. The van der Waals surface area contributed by atoms with Crippen LogP contribution in [0.4, 0.5) is 0 Å². The quantitative estimate of drug-likeness (QED) is 0.665. The average molecular weight is 374 g/mol. The van der Waals surface area contributed by atoms with Crippen molar-refractivity contribution < 1.29 is 14.3 Å². The Kier molecular flexibility index (Phi) is 5.24. The normalized spacial score (nSPS) is 18.6. The fourth-order valence-corrected chi connectivity index (χ4v) is 4.15. The Bertz CT molecular complexity index is 832. The van der Waals surface area contributed by atoms with E-state index in [0.29, 0.717) is 28.1 Å². The molecule has 0 aliphatic heterocycles. The van der Waals surface area contributed by atoms with Gasteiger partial charge in [0, 0.05) is 11.6 Å². The fraction of sp³-hybridized carbons (Fsp3) is 0.429. The maximum Gasteiger partial charge on any atom is 0.337 e. The molecule has 5 heteroatoms. The zero-order valence-electron chi connectivity index (χ0n) is 15.6. The van der Waals surface area contributed by atoms with Crippen LogP contribution in [0.5, 0.6) is 5.88 Å². The van der Waals surface area contributed by atoms with Crippen molar-refractivity contribution in [2.75, 3.05) is 14.2 Å². The van der Waals surface area contributed by atoms with Crippen molar-refractivity contribution in [2.45, 2.75) is 39.0 Å². The second-order valence-corrected chi connectivity index (χ2v) is 7.82. The van der Waals surface area contributed by atoms with E-state index in [1.807, 2.05) is 12.1 Å². The van der Waals surface area contributed by atoms with E-state index >= 15 is 0 Å². The Balaban J connectivity index is 2.20. The largest absolute Gasteiger partial charge is 0.481 e. The summed E-state index contributed by atoms with van der Waals surface area (Å²) in [4.78, 5) is 16.6. The van der Waals surface area contributed by atoms with Gasteiger partial charge < -0.3 is 9.47 Å². The van der Waals surface area contributed by atoms with Gasteiger partial charge in [0.05, 0.1) is 30.5 Å². The molecule has 4 nitrogen and oxygen atoms in total. The number of benzene rings is 1. The number of carbonyl (C=O) groups excluding carboxylic acids is 1. The van der Waals surface area contributed by atoms with Gasteiger partial charge >= 0.3 is 5.97 Å². The summed E-state index contributed by atoms with van der Waals surface area (Å²) in [6, 6.07) is 9.17. The van der Waals surface area contributed by atoms with E-state index in [9.17, 15) is 4.79 Å². The highest BCUT2D eigenvalue weighted by atomic mass is 35.5. The second-order valence-electron chi connectivity index (χ2n) is 7.41. The molecule has 0 N–H and O–H groups in total. The van der Waals surface area contributed by atoms with Crippen LogP contribution in [0.3, 0.4) is 0 Å². The van der Waals surface area contributed by atoms with Crippen LogP contribution in [0.1, 0.15) is 54.9 Å². The van der Waals surface area contributed by atoms with Gasteiger partial charge in [-0.15, -0.1) is 0 Å². The molecule has 0 spiro atoms. The van der Waals surface area contributed by atoms with Crippen LogP contribution in [0.15, 0.2) is 30.3 Å². The van der Waals surface area contributed by atoms with Crippen molar-refractivity contribution >= 4 is 17.6 Å². The van der Waals surface area contributed by atoms with Gasteiger partial charge in [0.1, 0.15) is 0 Å². The summed E-state index contributed by atoms with van der Waals surface area (Å²) in [6.45, 7) is 4.56. The van der Waals surface area contributed by atoms with E-state index in [4.69, 9.17) is 21.1 Å². The SMILES string of the molecule is COC(=O)c1ccc(-c2nc(OC)ccc2Cl)c(C2CCCC2(C)C)c1. The Morgan fingerprint density at radius 2 is 2.00 bits per heavy atom. The van der Waals surface area contributed by atoms with Gasteiger partial charge in [-0.25, -0.2) is 9.78 Å². The molecule has 1 heterocycles. The molecule has 1 aromatic heterocycles. The predicted octanol–water partition coefficient (Wildman–Crippen LogP) is 5.49. The number of aromatic nitrogens is 1. The molecule has 1 unspecified atom stereocenters. The van der Waals surface area contributed by atoms with Gasteiger partial charge in [-0.05, 0) is 47.9 Å². The molecule has 0 saturated heterocycles. The van der Waals surface area contributed by atoms with Crippen molar-refractivity contribution in [1.82, 2.24) is 4.98 Å². The van der Waals surface area contributed by atoms with Gasteiger partial charge in [-0.1, -0.05) is 37.9 Å². The number of ether oxygens (including phenoxy) is 2. The van der Waals surface area contributed by atoms with Crippen molar-refractivity contribution in [3.05, 3.63) is 46.5 Å². The van der Waals surface area contributed by atoms with Crippen LogP contribution in [-0.2, 0) is 4.74 Å². The first-order valence-corrected chi connectivity index (χ1v) is 9.18. The van der Waals surface area contributed by atoms with E-state index in [1.165, 1.54) is 13.5 Å². The van der Waals surface area contributed by atoms with E-state index in [0.717, 1.165) is 24.0 Å². The number of pyridine rings is 1. The predicted molar refractivity (Wildman–Crippen MR) is 103 cm³/mol. The highest BCUT2D eigenvalue weighted by Gasteiger charge is 2.37. The molecular formula is C21H24ClNO3. The monoisotopic (exact) mass is 373 g/mol. The molecule has 1 aliphatic carbocycles. The Morgan fingerprint density at radius 3 is 2.62 bits per heavy atom. The molecule has 0 bridgehead atoms. The van der Waals surface area contributed by atoms with Crippen LogP contribution >= 0.6 is 11.6 Å². The molecule has 0 amide bonds. The van der Waals surface area contributed by atoms with E-state index in [2.05, 4.69) is 18.8 Å². The molecule has 0 radical (unpaired) electrons. The lowest BCUT2D eigenvalue weighted by Gasteiger charge is -2.29. The zero-order valence-corrected chi connectivity index (χ0v) is 16.4. The Morgan fingerprint density at radius 1 is 1.23 bits per heavy atom. The number of carbonyl (C=O) groups is 1. The summed E-state index contributed by atoms with van der Waals surface area (Å²) in [5, 5.41) is 0.564. The van der Waals surface area contributed by atoms with Crippen molar-refractivity contribution in [3.8, 4) is 17.1 Å².